The van der Waals surface area contributed by atoms with Gasteiger partial charge >= 0.3 is 9.17 Å². The second kappa shape index (κ2) is 11.1. The van der Waals surface area contributed by atoms with Crippen LogP contribution < -0.4 is 17.2 Å². The molecule has 4 heterocycles. The fourth-order valence-corrected chi connectivity index (χ4v) is 5.86. The Bertz CT molecular complexity index is 860. The Morgan fingerprint density at radius 2 is 1.34 bits per heavy atom. The lowest BCUT2D eigenvalue weighted by molar-refractivity contribution is -0.434. The monoisotopic (exact) mass is 575 g/mol. The number of ether oxygens (including phenoxy) is 5. The molecule has 0 aromatic carbocycles. The Kier molecular flexibility index (Phi) is 8.75. The quantitative estimate of drug-likeness (QED) is 0.125. The van der Waals surface area contributed by atoms with Crippen molar-refractivity contribution in [1.82, 2.24) is 0 Å². The van der Waals surface area contributed by atoms with E-state index in [1.165, 1.54) is 0 Å². The number of aliphatic hydroxyl groups excluding tert-OH is 7. The van der Waals surface area contributed by atoms with E-state index in [0.29, 0.717) is 0 Å². The van der Waals surface area contributed by atoms with Gasteiger partial charge in [0, 0.05) is 0 Å². The van der Waals surface area contributed by atoms with Crippen molar-refractivity contribution in [3.8, 4) is 0 Å². The summed E-state index contributed by atoms with van der Waals surface area (Å²) in [5.74, 6) is -5.38. The first-order chi connectivity index (χ1) is 17.8. The summed E-state index contributed by atoms with van der Waals surface area (Å²) >= 11 is 0. The van der Waals surface area contributed by atoms with E-state index in [0.717, 1.165) is 0 Å². The van der Waals surface area contributed by atoms with E-state index in [1.807, 2.05) is 0 Å². The topological polar surface area (TPSA) is 322 Å². The van der Waals surface area contributed by atoms with Crippen molar-refractivity contribution in [2.75, 3.05) is 19.8 Å². The minimum Gasteiger partial charge on any atom is -0.459 e. The second-order valence-corrected chi connectivity index (χ2v) is 10.3. The van der Waals surface area contributed by atoms with Gasteiger partial charge in [-0.1, -0.05) is 0 Å². The van der Waals surface area contributed by atoms with Gasteiger partial charge in [-0.25, -0.2) is 0 Å². The molecule has 2 unspecified atom stereocenters. The maximum Gasteiger partial charge on any atom is 0.772 e. The summed E-state index contributed by atoms with van der Waals surface area (Å²) < 4.78 is 49.0. The Labute approximate surface area is 216 Å². The molecular formula is C18H33N3O16Si. The fourth-order valence-electron chi connectivity index (χ4n) is 4.76. The van der Waals surface area contributed by atoms with E-state index < -0.39 is 120 Å². The van der Waals surface area contributed by atoms with E-state index in [2.05, 4.69) is 0 Å². The highest BCUT2D eigenvalue weighted by Gasteiger charge is 2.74. The van der Waals surface area contributed by atoms with Gasteiger partial charge in [0.25, 0.3) is 11.6 Å². The second-order valence-electron chi connectivity index (χ2n) is 9.38. The molecule has 0 amide bonds. The van der Waals surface area contributed by atoms with Crippen molar-refractivity contribution in [2.45, 2.75) is 91.3 Å². The maximum absolute atomic E-state index is 11.8. The lowest BCUT2D eigenvalue weighted by Gasteiger charge is -2.51. The summed E-state index contributed by atoms with van der Waals surface area (Å²) in [6.07, 6.45) is -15.7. The predicted molar refractivity (Wildman–Crippen MR) is 114 cm³/mol. The molecule has 0 aromatic rings. The highest BCUT2D eigenvalue weighted by molar-refractivity contribution is 6.27. The van der Waals surface area contributed by atoms with Crippen molar-refractivity contribution in [3.05, 3.63) is 0 Å². The highest BCUT2D eigenvalue weighted by Crippen LogP contribution is 2.44. The SMILES string of the molecule is N[C@H]1[C@@H](OC2[C@@H](CO)O[C@@H](OC3[C@@H](CO)O[C@@H](O)[C@H](N)[C@H]3O)[C@H](N)[C@H]2O)O[C@]2(CO)O[Si](=O)O[C@@]2(O)[C@@H]1O. The molecular weight excluding hydrogens is 542 g/mol. The number of rotatable bonds is 7. The summed E-state index contributed by atoms with van der Waals surface area (Å²) in [4.78, 5) is 0. The van der Waals surface area contributed by atoms with Gasteiger partial charge in [0.05, 0.1) is 31.3 Å². The van der Waals surface area contributed by atoms with Crippen molar-refractivity contribution in [3.63, 3.8) is 0 Å². The van der Waals surface area contributed by atoms with Gasteiger partial charge in [0.2, 0.25) is 0 Å². The Hall–Kier alpha value is -1.02. The maximum atomic E-state index is 11.8. The van der Waals surface area contributed by atoms with Crippen LogP contribution in [0.3, 0.4) is 0 Å². The molecule has 20 heteroatoms. The minimum absolute atomic E-state index is 0.693. The molecule has 15 atom stereocenters. The van der Waals surface area contributed by atoms with Crippen LogP contribution >= 0.6 is 0 Å². The Balaban J connectivity index is 1.50. The van der Waals surface area contributed by atoms with Crippen molar-refractivity contribution in [1.29, 1.82) is 0 Å². The van der Waals surface area contributed by atoms with Crippen LogP contribution in [0.1, 0.15) is 0 Å². The van der Waals surface area contributed by atoms with E-state index in [-0.39, 0.29) is 0 Å². The number of aliphatic hydroxyl groups is 8. The zero-order valence-corrected chi connectivity index (χ0v) is 20.7. The third-order valence-corrected chi connectivity index (χ3v) is 8.01. The zero-order chi connectivity index (χ0) is 28.2. The molecule has 19 nitrogen and oxygen atoms in total. The van der Waals surface area contributed by atoms with Gasteiger partial charge in [0.1, 0.15) is 49.3 Å². The fraction of sp³-hybridized carbons (Fsp3) is 1.00. The number of fused-ring (bicyclic) bond motifs is 1. The minimum atomic E-state index is -3.43. The number of hydrogen-bond donors (Lipinski definition) is 11. The zero-order valence-electron chi connectivity index (χ0n) is 19.7. The van der Waals surface area contributed by atoms with Crippen molar-refractivity contribution >= 4 is 9.17 Å². The number of nitrogens with two attached hydrogens (primary N) is 3. The van der Waals surface area contributed by atoms with Crippen molar-refractivity contribution in [2.24, 2.45) is 17.2 Å². The molecule has 220 valence electrons. The van der Waals surface area contributed by atoms with Crippen LogP contribution in [0.4, 0.5) is 0 Å². The molecule has 4 aliphatic heterocycles. The summed E-state index contributed by atoms with van der Waals surface area (Å²) in [5.41, 5.74) is 17.7. The molecule has 4 rings (SSSR count). The molecule has 14 N–H and O–H groups in total. The van der Waals surface area contributed by atoms with Gasteiger partial charge in [0.15, 0.2) is 18.9 Å². The van der Waals surface area contributed by atoms with E-state index in [4.69, 9.17) is 49.7 Å². The summed E-state index contributed by atoms with van der Waals surface area (Å²) in [7, 11) is -3.43. The standard InChI is InChI=1S/C18H33N3O16Si/c19-6-9(25)11(4(1-22)31-14(6)28)33-15-7(20)10(26)12(5(2-23)32-15)34-16-8(21)13(27)18(29)17(3-24,35-16)36-38(30)37-18/h4-16,22-29H,1-3,19-21H2/t4-,5-,6-,7-,8-,9-,10-,11?,12?,13-,14-,15+,16+,17-,18+/m1/s1. The summed E-state index contributed by atoms with van der Waals surface area (Å²) in [6, 6.07) is -4.38. The van der Waals surface area contributed by atoms with Crippen LogP contribution in [0.5, 0.6) is 0 Å². The molecule has 0 saturated carbocycles. The van der Waals surface area contributed by atoms with Gasteiger partial charge in [-0.05, 0) is 0 Å². The largest absolute Gasteiger partial charge is 0.772 e. The summed E-state index contributed by atoms with van der Waals surface area (Å²) in [6.45, 7) is -2.64. The predicted octanol–water partition coefficient (Wildman–Crippen LogP) is -8.56. The number of hydrogen-bond acceptors (Lipinski definition) is 19. The lowest BCUT2D eigenvalue weighted by Crippen LogP contribution is -2.75. The smallest absolute Gasteiger partial charge is 0.459 e. The highest BCUT2D eigenvalue weighted by atomic mass is 28.3. The lowest BCUT2D eigenvalue weighted by atomic mass is 9.90. The molecule has 0 aliphatic carbocycles. The first-order valence-electron chi connectivity index (χ1n) is 11.6. The molecule has 0 bridgehead atoms. The molecule has 4 aliphatic rings. The van der Waals surface area contributed by atoms with Crippen LogP contribution in [0, 0.1) is 0 Å². The molecule has 0 spiro atoms. The average Bonchev–Trinajstić information content (AvgIpc) is 3.16. The third kappa shape index (κ3) is 4.77. The van der Waals surface area contributed by atoms with Crippen LogP contribution in [0.15, 0.2) is 0 Å². The van der Waals surface area contributed by atoms with Gasteiger partial charge in [-0.2, -0.15) is 0 Å². The molecule has 0 radical (unpaired) electrons. The first kappa shape index (κ1) is 29.9. The third-order valence-electron chi connectivity index (χ3n) is 7.03. The molecule has 4 saturated heterocycles. The first-order valence-corrected chi connectivity index (χ1v) is 12.8. The van der Waals surface area contributed by atoms with Gasteiger partial charge in [-0.3, -0.25) is 4.46 Å². The average molecular weight is 576 g/mol. The normalized spacial score (nSPS) is 53.2. The van der Waals surface area contributed by atoms with Crippen LogP contribution in [-0.2, 0) is 37.0 Å². The van der Waals surface area contributed by atoms with Gasteiger partial charge in [-0.15, -0.1) is 0 Å². The van der Waals surface area contributed by atoms with E-state index in [1.54, 1.807) is 0 Å². The Morgan fingerprint density at radius 1 is 0.789 bits per heavy atom. The van der Waals surface area contributed by atoms with Crippen molar-refractivity contribution < 1.29 is 77.9 Å². The van der Waals surface area contributed by atoms with E-state index in [9.17, 15) is 45.3 Å². The molecule has 38 heavy (non-hydrogen) atoms. The molecule has 0 aromatic heterocycles. The van der Waals surface area contributed by atoms with E-state index >= 15 is 0 Å². The summed E-state index contributed by atoms with van der Waals surface area (Å²) in [5, 5.41) is 81.6. The van der Waals surface area contributed by atoms with Crippen LogP contribution in [0.25, 0.3) is 0 Å². The van der Waals surface area contributed by atoms with Crippen LogP contribution in [0.2, 0.25) is 0 Å². The van der Waals surface area contributed by atoms with Gasteiger partial charge < -0.3 is 90.6 Å². The van der Waals surface area contributed by atoms with Crippen LogP contribution in [-0.4, -0.2) is 161 Å². The Morgan fingerprint density at radius 3 is 1.92 bits per heavy atom. The molecule has 4 fully saturated rings.